The maximum atomic E-state index is 5.36. The molecule has 1 heterocycles. The summed E-state index contributed by atoms with van der Waals surface area (Å²) in [7, 11) is 5.24. The molecule has 0 aliphatic heterocycles. The summed E-state index contributed by atoms with van der Waals surface area (Å²) in [6.07, 6.45) is 1.82. The topological polar surface area (TPSA) is 58.5 Å². The van der Waals surface area contributed by atoms with Crippen molar-refractivity contribution in [3.8, 4) is 5.75 Å². The average molecular weight is 236 g/mol. The number of guanidine groups is 1. The molecule has 5 heteroatoms. The second kappa shape index (κ2) is 6.08. The normalized spacial score (nSPS) is 11.2. The number of nitrogens with one attached hydrogen (secondary N) is 2. The smallest absolute Gasteiger partial charge is 0.191 e. The largest absolute Gasteiger partial charge is 0.496 e. The van der Waals surface area contributed by atoms with Gasteiger partial charge in [-0.3, -0.25) is 9.98 Å². The van der Waals surface area contributed by atoms with Gasteiger partial charge in [0.1, 0.15) is 5.75 Å². The highest BCUT2D eigenvalue weighted by Gasteiger charge is 2.09. The van der Waals surface area contributed by atoms with Gasteiger partial charge in [0.15, 0.2) is 5.96 Å². The summed E-state index contributed by atoms with van der Waals surface area (Å²) in [5.74, 6) is 1.64. The van der Waals surface area contributed by atoms with Gasteiger partial charge < -0.3 is 15.4 Å². The molecule has 0 saturated heterocycles. The van der Waals surface area contributed by atoms with Crippen LogP contribution in [-0.2, 0) is 6.54 Å². The first-order valence-corrected chi connectivity index (χ1v) is 5.51. The highest BCUT2D eigenvalue weighted by atomic mass is 16.5. The molecule has 0 aliphatic rings. The van der Waals surface area contributed by atoms with E-state index in [1.165, 1.54) is 0 Å². The molecule has 0 amide bonds. The third-order valence-corrected chi connectivity index (χ3v) is 2.63. The van der Waals surface area contributed by atoms with Crippen molar-refractivity contribution in [1.29, 1.82) is 0 Å². The van der Waals surface area contributed by atoms with Gasteiger partial charge in [0.25, 0.3) is 0 Å². The van der Waals surface area contributed by atoms with Crippen LogP contribution in [0.15, 0.2) is 11.2 Å². The molecule has 94 valence electrons. The van der Waals surface area contributed by atoms with Crippen LogP contribution in [0.2, 0.25) is 0 Å². The molecule has 5 nitrogen and oxygen atoms in total. The Balaban J connectivity index is 2.86. The van der Waals surface area contributed by atoms with E-state index in [4.69, 9.17) is 4.74 Å². The molecule has 0 aliphatic carbocycles. The van der Waals surface area contributed by atoms with Crippen LogP contribution in [0.4, 0.5) is 0 Å². The molecule has 0 spiro atoms. The molecule has 0 bridgehead atoms. The lowest BCUT2D eigenvalue weighted by Gasteiger charge is -2.13. The second-order valence-corrected chi connectivity index (χ2v) is 3.72. The van der Waals surface area contributed by atoms with Crippen LogP contribution in [0.5, 0.6) is 5.75 Å². The van der Waals surface area contributed by atoms with Crippen LogP contribution < -0.4 is 15.4 Å². The number of aryl methyl sites for hydroxylation is 1. The van der Waals surface area contributed by atoms with E-state index in [9.17, 15) is 0 Å². The monoisotopic (exact) mass is 236 g/mol. The van der Waals surface area contributed by atoms with E-state index in [1.54, 1.807) is 14.2 Å². The Morgan fingerprint density at radius 1 is 1.47 bits per heavy atom. The number of pyridine rings is 1. The van der Waals surface area contributed by atoms with Crippen molar-refractivity contribution < 1.29 is 4.74 Å². The van der Waals surface area contributed by atoms with E-state index in [0.717, 1.165) is 28.5 Å². The van der Waals surface area contributed by atoms with Gasteiger partial charge in [-0.1, -0.05) is 0 Å². The number of aromatic nitrogens is 1. The molecule has 17 heavy (non-hydrogen) atoms. The van der Waals surface area contributed by atoms with E-state index in [2.05, 4.69) is 20.6 Å². The number of rotatable bonds is 3. The lowest BCUT2D eigenvalue weighted by molar-refractivity contribution is 0.406. The van der Waals surface area contributed by atoms with E-state index < -0.39 is 0 Å². The fourth-order valence-corrected chi connectivity index (χ4v) is 1.70. The summed E-state index contributed by atoms with van der Waals surface area (Å²) in [4.78, 5) is 8.45. The Kier molecular flexibility index (Phi) is 4.75. The molecule has 2 N–H and O–H groups in total. The lowest BCUT2D eigenvalue weighted by Crippen LogP contribution is -2.34. The molecule has 0 saturated carbocycles. The zero-order valence-electron chi connectivity index (χ0n) is 11.1. The van der Waals surface area contributed by atoms with Crippen LogP contribution in [0.3, 0.4) is 0 Å². The van der Waals surface area contributed by atoms with Crippen LogP contribution in [-0.4, -0.2) is 32.1 Å². The molecular weight excluding hydrogens is 216 g/mol. The fourth-order valence-electron chi connectivity index (χ4n) is 1.70. The number of aliphatic imine (C=N–C) groups is 1. The van der Waals surface area contributed by atoms with Gasteiger partial charge in [-0.05, 0) is 13.8 Å². The van der Waals surface area contributed by atoms with Crippen molar-refractivity contribution in [3.05, 3.63) is 23.0 Å². The van der Waals surface area contributed by atoms with Crippen molar-refractivity contribution in [2.45, 2.75) is 20.4 Å². The average Bonchev–Trinajstić information content (AvgIpc) is 2.33. The quantitative estimate of drug-likeness (QED) is 0.607. The number of hydrogen-bond donors (Lipinski definition) is 2. The molecule has 0 radical (unpaired) electrons. The Hall–Kier alpha value is -1.78. The van der Waals surface area contributed by atoms with Gasteiger partial charge >= 0.3 is 0 Å². The van der Waals surface area contributed by atoms with Gasteiger partial charge in [0, 0.05) is 31.4 Å². The summed E-state index contributed by atoms with van der Waals surface area (Å²) in [6, 6.07) is 0. The number of ether oxygens (including phenoxy) is 1. The summed E-state index contributed by atoms with van der Waals surface area (Å²) in [5, 5.41) is 6.13. The summed E-state index contributed by atoms with van der Waals surface area (Å²) in [5.41, 5.74) is 3.07. The zero-order chi connectivity index (χ0) is 12.8. The first kappa shape index (κ1) is 13.3. The molecule has 1 aromatic rings. The highest BCUT2D eigenvalue weighted by Crippen LogP contribution is 2.23. The van der Waals surface area contributed by atoms with Gasteiger partial charge in [-0.15, -0.1) is 0 Å². The minimum Gasteiger partial charge on any atom is -0.496 e. The first-order chi connectivity index (χ1) is 8.13. The van der Waals surface area contributed by atoms with E-state index >= 15 is 0 Å². The third kappa shape index (κ3) is 3.09. The number of hydrogen-bond acceptors (Lipinski definition) is 3. The lowest BCUT2D eigenvalue weighted by atomic mass is 10.1. The predicted octanol–water partition coefficient (Wildman–Crippen LogP) is 1.00. The van der Waals surface area contributed by atoms with Crippen LogP contribution >= 0.6 is 0 Å². The van der Waals surface area contributed by atoms with Gasteiger partial charge in [-0.25, -0.2) is 0 Å². The van der Waals surface area contributed by atoms with Crippen molar-refractivity contribution in [2.24, 2.45) is 4.99 Å². The summed E-state index contributed by atoms with van der Waals surface area (Å²) in [6.45, 7) is 4.62. The van der Waals surface area contributed by atoms with Gasteiger partial charge in [0.2, 0.25) is 0 Å². The SMILES string of the molecule is CN=C(NC)NCc1ncc(C)c(OC)c1C. The van der Waals surface area contributed by atoms with Crippen molar-refractivity contribution in [2.75, 3.05) is 21.2 Å². The second-order valence-electron chi connectivity index (χ2n) is 3.72. The van der Waals surface area contributed by atoms with Crippen molar-refractivity contribution in [1.82, 2.24) is 15.6 Å². The van der Waals surface area contributed by atoms with Crippen LogP contribution in [0.25, 0.3) is 0 Å². The molecule has 1 aromatic heterocycles. The third-order valence-electron chi connectivity index (χ3n) is 2.63. The Labute approximate surface area is 102 Å². The van der Waals surface area contributed by atoms with E-state index in [1.807, 2.05) is 27.1 Å². The first-order valence-electron chi connectivity index (χ1n) is 5.51. The minimum absolute atomic E-state index is 0.621. The number of methoxy groups -OCH3 is 1. The molecule has 0 fully saturated rings. The summed E-state index contributed by atoms with van der Waals surface area (Å²) < 4.78 is 5.36. The zero-order valence-corrected chi connectivity index (χ0v) is 11.1. The van der Waals surface area contributed by atoms with E-state index in [0.29, 0.717) is 6.54 Å². The van der Waals surface area contributed by atoms with Crippen LogP contribution in [0, 0.1) is 13.8 Å². The number of nitrogens with zero attached hydrogens (tertiary/aromatic N) is 2. The maximum Gasteiger partial charge on any atom is 0.191 e. The molecular formula is C12H20N4O. The van der Waals surface area contributed by atoms with Gasteiger partial charge in [0.05, 0.1) is 19.3 Å². The van der Waals surface area contributed by atoms with E-state index in [-0.39, 0.29) is 0 Å². The van der Waals surface area contributed by atoms with Gasteiger partial charge in [-0.2, -0.15) is 0 Å². The molecule has 1 rings (SSSR count). The van der Waals surface area contributed by atoms with Crippen LogP contribution in [0.1, 0.15) is 16.8 Å². The highest BCUT2D eigenvalue weighted by molar-refractivity contribution is 5.79. The minimum atomic E-state index is 0.621. The van der Waals surface area contributed by atoms with Crippen molar-refractivity contribution >= 4 is 5.96 Å². The fraction of sp³-hybridized carbons (Fsp3) is 0.500. The predicted molar refractivity (Wildman–Crippen MR) is 69.5 cm³/mol. The Bertz CT molecular complexity index is 415. The maximum absolute atomic E-state index is 5.36. The molecule has 0 unspecified atom stereocenters. The summed E-state index contributed by atoms with van der Waals surface area (Å²) >= 11 is 0. The van der Waals surface area contributed by atoms with Crippen molar-refractivity contribution in [3.63, 3.8) is 0 Å². The molecule has 0 atom stereocenters. The Morgan fingerprint density at radius 2 is 2.18 bits per heavy atom. The standard InChI is InChI=1S/C12H20N4O/c1-8-6-15-10(9(2)11(8)17-5)7-16-12(13-3)14-4/h6H,7H2,1-5H3,(H2,13,14,16). The molecule has 0 aromatic carbocycles. The Morgan fingerprint density at radius 3 is 2.71 bits per heavy atom.